The maximum absolute atomic E-state index is 13.2. The molecule has 0 aliphatic carbocycles. The monoisotopic (exact) mass is 1200 g/mol. The van der Waals surface area contributed by atoms with Crippen molar-refractivity contribution in [1.29, 1.82) is 0 Å². The van der Waals surface area contributed by atoms with Crippen LogP contribution >= 0.6 is 0 Å². The third-order valence-corrected chi connectivity index (χ3v) is 16.1. The fourth-order valence-electron chi connectivity index (χ4n) is 10.8. The summed E-state index contributed by atoms with van der Waals surface area (Å²) >= 11 is 0. The molecule has 1 fully saturated rings. The zero-order valence-electron chi connectivity index (χ0n) is 54.6. The molecule has 0 amide bonds. The normalized spacial score (nSPS) is 17.8. The van der Waals surface area contributed by atoms with Gasteiger partial charge in [-0.05, 0) is 64.2 Å². The number of aliphatic hydroxyl groups is 2. The number of allylic oxidation sites excluding steroid dienone is 10. The lowest BCUT2D eigenvalue weighted by atomic mass is 9.98. The van der Waals surface area contributed by atoms with Crippen LogP contribution in [0.15, 0.2) is 60.8 Å². The van der Waals surface area contributed by atoms with E-state index in [1.165, 1.54) is 180 Å². The van der Waals surface area contributed by atoms with Gasteiger partial charge in [-0.15, -0.1) is 0 Å². The molecule has 6 atom stereocenters. The highest BCUT2D eigenvalue weighted by atomic mass is 16.7. The summed E-state index contributed by atoms with van der Waals surface area (Å²) in [7, 11) is 0. The first-order valence-electron chi connectivity index (χ1n) is 35.3. The maximum atomic E-state index is 13.2. The standard InChI is InChI=1S/C73H128O12/c1-4-7-10-13-16-19-22-25-28-31-33-36-38-41-44-47-50-53-56-59-65(74)81-62-64(83-66(75)60-57-54-51-48-45-42-39-35-30-27-24-21-18-15-12-9-6-3)63-82-73-71(69(78)68(77)70(85-73)72(79)80)84-67(76)61-58-55-52-49-46-43-40-37-34-32-29-26-23-20-17-14-11-8-5-2/h8,11,17,20,26,29,34,37,43,46,64,68-71,73,77-78H,4-7,9-10,12-16,18-19,21-25,27-28,30-33,35-36,38-42,44-45,47-63H2,1-3H3,(H,79,80)/b11-8-,20-17-,29-26-,37-34-,46-43-. The van der Waals surface area contributed by atoms with Crippen LogP contribution in [0.2, 0.25) is 0 Å². The highest BCUT2D eigenvalue weighted by Crippen LogP contribution is 2.27. The molecule has 12 heteroatoms. The molecule has 0 radical (unpaired) electrons. The molecule has 492 valence electrons. The Morgan fingerprint density at radius 1 is 0.400 bits per heavy atom. The summed E-state index contributed by atoms with van der Waals surface area (Å²) in [5.74, 6) is -3.13. The summed E-state index contributed by atoms with van der Waals surface area (Å²) in [5, 5.41) is 31.7. The van der Waals surface area contributed by atoms with Crippen molar-refractivity contribution >= 4 is 23.9 Å². The molecule has 0 aromatic rings. The number of hydrogen-bond acceptors (Lipinski definition) is 11. The van der Waals surface area contributed by atoms with Crippen molar-refractivity contribution in [1.82, 2.24) is 0 Å². The quantitative estimate of drug-likeness (QED) is 0.0228. The van der Waals surface area contributed by atoms with Gasteiger partial charge < -0.3 is 39.0 Å². The Hall–Kier alpha value is -3.58. The minimum atomic E-state index is -1.91. The van der Waals surface area contributed by atoms with Gasteiger partial charge in [0.15, 0.2) is 24.6 Å². The summed E-state index contributed by atoms with van der Waals surface area (Å²) in [5.41, 5.74) is 0. The number of hydrogen-bond donors (Lipinski definition) is 3. The molecule has 1 aliphatic heterocycles. The molecule has 1 rings (SSSR count). The van der Waals surface area contributed by atoms with Crippen molar-refractivity contribution in [2.24, 2.45) is 0 Å². The second kappa shape index (κ2) is 60.7. The van der Waals surface area contributed by atoms with E-state index in [0.717, 1.165) is 89.9 Å². The third-order valence-electron chi connectivity index (χ3n) is 16.1. The number of unbranched alkanes of at least 4 members (excludes halogenated alkanes) is 37. The fraction of sp³-hybridized carbons (Fsp3) is 0.808. The molecule has 0 saturated carbocycles. The van der Waals surface area contributed by atoms with Gasteiger partial charge in [0, 0.05) is 19.3 Å². The van der Waals surface area contributed by atoms with E-state index >= 15 is 0 Å². The van der Waals surface area contributed by atoms with E-state index < -0.39 is 67.3 Å². The van der Waals surface area contributed by atoms with E-state index in [-0.39, 0.29) is 25.9 Å². The van der Waals surface area contributed by atoms with Crippen LogP contribution < -0.4 is 0 Å². The van der Waals surface area contributed by atoms with Crippen LogP contribution in [0.4, 0.5) is 0 Å². The molecule has 12 nitrogen and oxygen atoms in total. The molecule has 3 N–H and O–H groups in total. The van der Waals surface area contributed by atoms with Crippen LogP contribution in [0, 0.1) is 0 Å². The van der Waals surface area contributed by atoms with Gasteiger partial charge in [0.1, 0.15) is 18.8 Å². The highest BCUT2D eigenvalue weighted by Gasteiger charge is 2.50. The van der Waals surface area contributed by atoms with Gasteiger partial charge in [-0.3, -0.25) is 14.4 Å². The topological polar surface area (TPSA) is 175 Å². The number of ether oxygens (including phenoxy) is 5. The van der Waals surface area contributed by atoms with Crippen molar-refractivity contribution in [3.63, 3.8) is 0 Å². The zero-order valence-corrected chi connectivity index (χ0v) is 54.6. The van der Waals surface area contributed by atoms with Gasteiger partial charge >= 0.3 is 23.9 Å². The van der Waals surface area contributed by atoms with Crippen LogP contribution in [-0.2, 0) is 42.9 Å². The van der Waals surface area contributed by atoms with E-state index in [2.05, 4.69) is 81.5 Å². The molecule has 0 bridgehead atoms. The number of esters is 3. The minimum Gasteiger partial charge on any atom is -0.479 e. The van der Waals surface area contributed by atoms with Crippen molar-refractivity contribution in [2.45, 2.75) is 366 Å². The first kappa shape index (κ1) is 79.4. The molecule has 1 heterocycles. The summed E-state index contributed by atoms with van der Waals surface area (Å²) in [6, 6.07) is 0. The van der Waals surface area contributed by atoms with Crippen LogP contribution in [0.3, 0.4) is 0 Å². The first-order chi connectivity index (χ1) is 41.6. The number of aliphatic hydroxyl groups excluding tert-OH is 2. The predicted octanol–water partition coefficient (Wildman–Crippen LogP) is 19.5. The Balaban J connectivity index is 2.64. The average molecular weight is 1200 g/mol. The molecule has 0 aromatic carbocycles. The molecule has 85 heavy (non-hydrogen) atoms. The second-order valence-corrected chi connectivity index (χ2v) is 24.2. The molecule has 1 aliphatic rings. The summed E-state index contributed by atoms with van der Waals surface area (Å²) in [6.07, 6.45) is 64.6. The van der Waals surface area contributed by atoms with Gasteiger partial charge in [-0.1, -0.05) is 306 Å². The smallest absolute Gasteiger partial charge is 0.335 e. The van der Waals surface area contributed by atoms with Gasteiger partial charge in [-0.2, -0.15) is 0 Å². The third kappa shape index (κ3) is 50.0. The molecular weight excluding hydrogens is 1070 g/mol. The summed E-state index contributed by atoms with van der Waals surface area (Å²) in [6.45, 7) is 5.94. The summed E-state index contributed by atoms with van der Waals surface area (Å²) < 4.78 is 28.6. The largest absolute Gasteiger partial charge is 0.479 e. The number of carbonyl (C=O) groups excluding carboxylic acids is 3. The number of carboxylic acids is 1. The minimum absolute atomic E-state index is 0.0230. The summed E-state index contributed by atoms with van der Waals surface area (Å²) in [4.78, 5) is 51.5. The Morgan fingerprint density at radius 3 is 1.13 bits per heavy atom. The average Bonchev–Trinajstić information content (AvgIpc) is 2.79. The van der Waals surface area contributed by atoms with Gasteiger partial charge in [0.25, 0.3) is 0 Å². The number of carbonyl (C=O) groups is 4. The van der Waals surface area contributed by atoms with Gasteiger partial charge in [0.05, 0.1) is 6.61 Å². The molecule has 0 aromatic heterocycles. The van der Waals surface area contributed by atoms with Crippen LogP contribution in [0.1, 0.15) is 329 Å². The van der Waals surface area contributed by atoms with E-state index in [1.54, 1.807) is 0 Å². The Bertz CT molecular complexity index is 1710. The van der Waals surface area contributed by atoms with Crippen LogP contribution in [-0.4, -0.2) is 89.2 Å². The van der Waals surface area contributed by atoms with Gasteiger partial charge in [-0.25, -0.2) is 4.79 Å². The first-order valence-corrected chi connectivity index (χ1v) is 35.3. The Kier molecular flexibility index (Phi) is 56.7. The fourth-order valence-corrected chi connectivity index (χ4v) is 10.8. The highest BCUT2D eigenvalue weighted by molar-refractivity contribution is 5.74. The SMILES string of the molecule is CC/C=C\C/C=C\C/C=C\C/C=C\C/C=C\CCCCCC(=O)OC1C(OCC(COC(=O)CCCCCCCCCCCCCCCCCCCCC)OC(=O)CCCCCCCCCCCCCCCCCCC)OC(C(=O)O)C(O)C1O. The zero-order chi connectivity index (χ0) is 61.7. The maximum Gasteiger partial charge on any atom is 0.335 e. The van der Waals surface area contributed by atoms with Crippen LogP contribution in [0.5, 0.6) is 0 Å². The number of rotatable bonds is 61. The lowest BCUT2D eigenvalue weighted by Crippen LogP contribution is -2.61. The second-order valence-electron chi connectivity index (χ2n) is 24.2. The van der Waals surface area contributed by atoms with Crippen molar-refractivity contribution < 1.29 is 58.2 Å². The predicted molar refractivity (Wildman–Crippen MR) is 349 cm³/mol. The van der Waals surface area contributed by atoms with Crippen LogP contribution in [0.25, 0.3) is 0 Å². The molecule has 1 saturated heterocycles. The van der Waals surface area contributed by atoms with Gasteiger partial charge in [0.2, 0.25) is 0 Å². The molecule has 0 spiro atoms. The van der Waals surface area contributed by atoms with Crippen molar-refractivity contribution in [3.05, 3.63) is 60.8 Å². The molecular formula is C73H128O12. The Morgan fingerprint density at radius 2 is 0.741 bits per heavy atom. The Labute approximate surface area is 519 Å². The number of carboxylic acid groups (broad SMARTS) is 1. The van der Waals surface area contributed by atoms with E-state index in [1.807, 2.05) is 0 Å². The van der Waals surface area contributed by atoms with Crippen molar-refractivity contribution in [2.75, 3.05) is 13.2 Å². The lowest BCUT2D eigenvalue weighted by molar-refractivity contribution is -0.301. The van der Waals surface area contributed by atoms with E-state index in [0.29, 0.717) is 19.3 Å². The van der Waals surface area contributed by atoms with Crippen molar-refractivity contribution in [3.8, 4) is 0 Å². The van der Waals surface area contributed by atoms with E-state index in [9.17, 15) is 34.5 Å². The van der Waals surface area contributed by atoms with E-state index in [4.69, 9.17) is 23.7 Å². The lowest BCUT2D eigenvalue weighted by Gasteiger charge is -2.40. The number of aliphatic carboxylic acids is 1. The molecule has 6 unspecified atom stereocenters.